The zero-order valence-electron chi connectivity index (χ0n) is 7.81. The fourth-order valence-electron chi connectivity index (χ4n) is 1.61. The Morgan fingerprint density at radius 3 is 2.73 bits per heavy atom. The van der Waals surface area contributed by atoms with Crippen molar-refractivity contribution in [2.24, 2.45) is 0 Å². The van der Waals surface area contributed by atoms with E-state index in [1.54, 1.807) is 0 Å². The summed E-state index contributed by atoms with van der Waals surface area (Å²) in [5, 5.41) is 25.6. The Balaban J connectivity index is 2.25. The van der Waals surface area contributed by atoms with Gasteiger partial charge in [0.1, 0.15) is 5.69 Å². The van der Waals surface area contributed by atoms with Crippen LogP contribution in [-0.4, -0.2) is 51.2 Å². The molecule has 1 aliphatic heterocycles. The first-order valence-corrected chi connectivity index (χ1v) is 6.24. The van der Waals surface area contributed by atoms with Gasteiger partial charge in [-0.2, -0.15) is 0 Å². The van der Waals surface area contributed by atoms with Gasteiger partial charge in [-0.1, -0.05) is 5.21 Å². The molecule has 84 valence electrons. The molecule has 0 amide bonds. The summed E-state index contributed by atoms with van der Waals surface area (Å²) in [5.74, 6) is -0.381. The summed E-state index contributed by atoms with van der Waals surface area (Å²) in [7, 11) is -3.19. The van der Waals surface area contributed by atoms with E-state index in [4.69, 9.17) is 5.11 Å². The Kier molecular flexibility index (Phi) is 2.49. The second kappa shape index (κ2) is 3.54. The van der Waals surface area contributed by atoms with Crippen LogP contribution in [0.1, 0.15) is 11.7 Å². The molecule has 0 spiro atoms. The molecule has 1 aromatic rings. The van der Waals surface area contributed by atoms with Crippen LogP contribution in [0.15, 0.2) is 6.20 Å². The summed E-state index contributed by atoms with van der Waals surface area (Å²) in [6.45, 7) is -0.254. The minimum atomic E-state index is -3.19. The largest absolute Gasteiger partial charge is 0.390 e. The molecule has 0 saturated carbocycles. The van der Waals surface area contributed by atoms with Crippen molar-refractivity contribution in [1.82, 2.24) is 15.0 Å². The van der Waals surface area contributed by atoms with Gasteiger partial charge in [-0.05, 0) is 0 Å². The number of sulfone groups is 1. The van der Waals surface area contributed by atoms with Crippen molar-refractivity contribution in [2.75, 3.05) is 11.5 Å². The first kappa shape index (κ1) is 10.5. The molecule has 0 aromatic carbocycles. The van der Waals surface area contributed by atoms with E-state index in [-0.39, 0.29) is 18.1 Å². The maximum Gasteiger partial charge on any atom is 0.155 e. The molecule has 8 heteroatoms. The summed E-state index contributed by atoms with van der Waals surface area (Å²) in [6, 6.07) is -0.595. The molecule has 2 atom stereocenters. The Morgan fingerprint density at radius 1 is 1.53 bits per heavy atom. The van der Waals surface area contributed by atoms with Crippen molar-refractivity contribution in [3.05, 3.63) is 11.9 Å². The number of rotatable bonds is 2. The van der Waals surface area contributed by atoms with Crippen molar-refractivity contribution in [1.29, 1.82) is 0 Å². The van der Waals surface area contributed by atoms with Gasteiger partial charge in [0, 0.05) is 0 Å². The molecule has 0 aliphatic carbocycles. The standard InChI is InChI=1S/C7H11N3O4S/c11-2-5-1-10(9-8-5)6-3-15(13,14)4-7(6)12/h1,6-7,11-12H,2-4H2. The molecule has 1 aliphatic rings. The van der Waals surface area contributed by atoms with Gasteiger partial charge in [0.25, 0.3) is 0 Å². The Hall–Kier alpha value is -0.990. The molecule has 1 fully saturated rings. The smallest absolute Gasteiger partial charge is 0.155 e. The van der Waals surface area contributed by atoms with Crippen LogP contribution in [0.25, 0.3) is 0 Å². The average molecular weight is 233 g/mol. The van der Waals surface area contributed by atoms with Crippen LogP contribution in [0.4, 0.5) is 0 Å². The van der Waals surface area contributed by atoms with Crippen LogP contribution in [0.3, 0.4) is 0 Å². The molecule has 2 N–H and O–H groups in total. The number of aliphatic hydroxyl groups is 2. The lowest BCUT2D eigenvalue weighted by atomic mass is 10.2. The van der Waals surface area contributed by atoms with E-state index in [0.29, 0.717) is 5.69 Å². The third-order valence-corrected chi connectivity index (χ3v) is 4.05. The highest BCUT2D eigenvalue weighted by Crippen LogP contribution is 2.23. The van der Waals surface area contributed by atoms with Crippen molar-refractivity contribution < 1.29 is 18.6 Å². The molecular weight excluding hydrogens is 222 g/mol. The van der Waals surface area contributed by atoms with Gasteiger partial charge in [-0.3, -0.25) is 0 Å². The average Bonchev–Trinajstić information content (AvgIpc) is 2.69. The molecule has 2 unspecified atom stereocenters. The maximum atomic E-state index is 11.2. The lowest BCUT2D eigenvalue weighted by molar-refractivity contribution is 0.145. The predicted octanol–water partition coefficient (Wildman–Crippen LogP) is -1.90. The van der Waals surface area contributed by atoms with E-state index in [9.17, 15) is 13.5 Å². The van der Waals surface area contributed by atoms with E-state index in [2.05, 4.69) is 10.3 Å². The molecule has 1 aromatic heterocycles. The van der Waals surface area contributed by atoms with E-state index in [0.717, 1.165) is 0 Å². The second-order valence-electron chi connectivity index (χ2n) is 3.56. The van der Waals surface area contributed by atoms with Gasteiger partial charge in [0.05, 0.1) is 36.5 Å². The number of aromatic nitrogens is 3. The summed E-state index contributed by atoms with van der Waals surface area (Å²) in [6.07, 6.45) is 0.484. The first-order valence-electron chi connectivity index (χ1n) is 4.42. The number of hydrogen-bond donors (Lipinski definition) is 2. The Morgan fingerprint density at radius 2 is 2.27 bits per heavy atom. The maximum absolute atomic E-state index is 11.2. The molecular formula is C7H11N3O4S. The van der Waals surface area contributed by atoms with Crippen molar-refractivity contribution in [2.45, 2.75) is 18.8 Å². The molecule has 0 bridgehead atoms. The fourth-order valence-corrected chi connectivity index (χ4v) is 3.38. The molecule has 2 rings (SSSR count). The minimum Gasteiger partial charge on any atom is -0.390 e. The van der Waals surface area contributed by atoms with Crippen LogP contribution < -0.4 is 0 Å². The molecule has 0 radical (unpaired) electrons. The Bertz CT molecular complexity index is 455. The van der Waals surface area contributed by atoms with Gasteiger partial charge >= 0.3 is 0 Å². The SMILES string of the molecule is O=S1(=O)CC(O)C(n2cc(CO)nn2)C1. The van der Waals surface area contributed by atoms with Crippen LogP contribution in [-0.2, 0) is 16.4 Å². The summed E-state index contributed by atoms with van der Waals surface area (Å²) in [5.41, 5.74) is 0.353. The van der Waals surface area contributed by atoms with Gasteiger partial charge in [0.2, 0.25) is 0 Å². The summed E-state index contributed by atoms with van der Waals surface area (Å²) >= 11 is 0. The van der Waals surface area contributed by atoms with E-state index < -0.39 is 22.0 Å². The highest BCUT2D eigenvalue weighted by Gasteiger charge is 2.38. The normalized spacial score (nSPS) is 29.5. The molecule has 15 heavy (non-hydrogen) atoms. The zero-order chi connectivity index (χ0) is 11.1. The Labute approximate surface area is 86.3 Å². The van der Waals surface area contributed by atoms with Gasteiger partial charge in [-0.25, -0.2) is 13.1 Å². The summed E-state index contributed by atoms with van der Waals surface area (Å²) in [4.78, 5) is 0. The lowest BCUT2D eigenvalue weighted by Gasteiger charge is -2.11. The second-order valence-corrected chi connectivity index (χ2v) is 5.71. The van der Waals surface area contributed by atoms with E-state index in [1.807, 2.05) is 0 Å². The van der Waals surface area contributed by atoms with Crippen LogP contribution in [0.2, 0.25) is 0 Å². The van der Waals surface area contributed by atoms with Crippen LogP contribution >= 0.6 is 0 Å². The van der Waals surface area contributed by atoms with E-state index >= 15 is 0 Å². The number of nitrogens with zero attached hydrogens (tertiary/aromatic N) is 3. The topological polar surface area (TPSA) is 105 Å². The van der Waals surface area contributed by atoms with Crippen LogP contribution in [0.5, 0.6) is 0 Å². The molecule has 1 saturated heterocycles. The van der Waals surface area contributed by atoms with Gasteiger partial charge in [0.15, 0.2) is 9.84 Å². The van der Waals surface area contributed by atoms with Crippen molar-refractivity contribution in [3.63, 3.8) is 0 Å². The minimum absolute atomic E-state index is 0.137. The predicted molar refractivity (Wildman–Crippen MR) is 49.6 cm³/mol. The van der Waals surface area contributed by atoms with Crippen LogP contribution in [0, 0.1) is 0 Å². The quantitative estimate of drug-likeness (QED) is 0.618. The highest BCUT2D eigenvalue weighted by molar-refractivity contribution is 7.91. The molecule has 7 nitrogen and oxygen atoms in total. The van der Waals surface area contributed by atoms with Gasteiger partial charge in [-0.15, -0.1) is 5.10 Å². The first-order chi connectivity index (χ1) is 7.02. The monoisotopic (exact) mass is 233 g/mol. The van der Waals surface area contributed by atoms with Crippen molar-refractivity contribution >= 4 is 9.84 Å². The third kappa shape index (κ3) is 2.01. The zero-order valence-corrected chi connectivity index (χ0v) is 8.63. The fraction of sp³-hybridized carbons (Fsp3) is 0.714. The third-order valence-electron chi connectivity index (χ3n) is 2.35. The number of hydrogen-bond acceptors (Lipinski definition) is 6. The summed E-state index contributed by atoms with van der Waals surface area (Å²) < 4.78 is 23.8. The lowest BCUT2D eigenvalue weighted by Crippen LogP contribution is -2.22. The van der Waals surface area contributed by atoms with E-state index in [1.165, 1.54) is 10.9 Å². The van der Waals surface area contributed by atoms with Crippen molar-refractivity contribution in [3.8, 4) is 0 Å². The number of aliphatic hydroxyl groups excluding tert-OH is 2. The van der Waals surface area contributed by atoms with Gasteiger partial charge < -0.3 is 10.2 Å². The highest BCUT2D eigenvalue weighted by atomic mass is 32.2. The molecule has 2 heterocycles.